The van der Waals surface area contributed by atoms with Crippen LogP contribution in [0.5, 0.6) is 0 Å². The lowest BCUT2D eigenvalue weighted by Gasteiger charge is -2.38. The number of carbonyl (C=O) groups excluding carboxylic acids is 1. The van der Waals surface area contributed by atoms with E-state index in [1.807, 2.05) is 11.9 Å². The molecular formula is C23H37N5O. The van der Waals surface area contributed by atoms with E-state index in [4.69, 9.17) is 4.98 Å². The fourth-order valence-electron chi connectivity index (χ4n) is 5.11. The first-order chi connectivity index (χ1) is 14.1. The van der Waals surface area contributed by atoms with Gasteiger partial charge in [0.2, 0.25) is 5.91 Å². The molecule has 29 heavy (non-hydrogen) atoms. The van der Waals surface area contributed by atoms with Crippen LogP contribution in [0.2, 0.25) is 0 Å². The normalized spacial score (nSPS) is 24.1. The van der Waals surface area contributed by atoms with Crippen molar-refractivity contribution in [3.8, 4) is 0 Å². The van der Waals surface area contributed by atoms with E-state index in [9.17, 15) is 4.79 Å². The molecule has 1 saturated carbocycles. The summed E-state index contributed by atoms with van der Waals surface area (Å²) < 4.78 is 0. The number of anilines is 1. The molecule has 3 fully saturated rings. The molecule has 0 aromatic carbocycles. The van der Waals surface area contributed by atoms with Crippen LogP contribution in [0, 0.1) is 6.92 Å². The Labute approximate surface area is 175 Å². The molecule has 1 amide bonds. The van der Waals surface area contributed by atoms with E-state index in [1.165, 1.54) is 49.9 Å². The van der Waals surface area contributed by atoms with Gasteiger partial charge in [0.25, 0.3) is 0 Å². The Kier molecular flexibility index (Phi) is 6.70. The number of hydrogen-bond donors (Lipinski definition) is 1. The van der Waals surface area contributed by atoms with Gasteiger partial charge in [-0.05, 0) is 44.9 Å². The molecule has 6 nitrogen and oxygen atoms in total. The molecule has 160 valence electrons. The zero-order chi connectivity index (χ0) is 20.2. The highest BCUT2D eigenvalue weighted by Gasteiger charge is 2.26. The van der Waals surface area contributed by atoms with Gasteiger partial charge in [-0.15, -0.1) is 0 Å². The van der Waals surface area contributed by atoms with Crippen LogP contribution in [-0.4, -0.2) is 79.6 Å². The van der Waals surface area contributed by atoms with Gasteiger partial charge in [-0.25, -0.2) is 0 Å². The van der Waals surface area contributed by atoms with Crippen LogP contribution in [0.25, 0.3) is 0 Å². The molecule has 2 saturated heterocycles. The van der Waals surface area contributed by atoms with Gasteiger partial charge in [-0.3, -0.25) is 14.7 Å². The summed E-state index contributed by atoms with van der Waals surface area (Å²) in [5.74, 6) is 0.837. The topological polar surface area (TPSA) is 51.7 Å². The quantitative estimate of drug-likeness (QED) is 0.824. The van der Waals surface area contributed by atoms with E-state index >= 15 is 0 Å². The first-order valence-electron chi connectivity index (χ1n) is 11.5. The molecule has 1 aromatic heterocycles. The number of rotatable bonds is 5. The van der Waals surface area contributed by atoms with Crippen molar-refractivity contribution in [3.05, 3.63) is 23.5 Å². The smallest absolute Gasteiger partial charge is 0.236 e. The summed E-state index contributed by atoms with van der Waals surface area (Å²) in [5, 5.41) is 3.45. The number of nitrogens with zero attached hydrogens (tertiary/aromatic N) is 4. The lowest BCUT2D eigenvalue weighted by atomic mass is 9.94. The molecule has 1 N–H and O–H groups in total. The Hall–Kier alpha value is -1.66. The van der Waals surface area contributed by atoms with Gasteiger partial charge in [0.05, 0.1) is 6.54 Å². The van der Waals surface area contributed by atoms with Crippen LogP contribution in [0.4, 0.5) is 5.69 Å². The van der Waals surface area contributed by atoms with E-state index in [-0.39, 0.29) is 0 Å². The zero-order valence-electron chi connectivity index (χ0n) is 18.2. The average Bonchev–Trinajstić information content (AvgIpc) is 3.29. The first kappa shape index (κ1) is 20.6. The van der Waals surface area contributed by atoms with Gasteiger partial charge in [0.1, 0.15) is 0 Å². The summed E-state index contributed by atoms with van der Waals surface area (Å²) in [7, 11) is 2.01. The second-order valence-corrected chi connectivity index (χ2v) is 9.14. The number of likely N-dealkylation sites (N-methyl/N-ethyl adjacent to an activating group) is 1. The number of pyridine rings is 1. The minimum atomic E-state index is 0.293. The Balaban J connectivity index is 1.30. The van der Waals surface area contributed by atoms with Gasteiger partial charge in [-0.1, -0.05) is 19.3 Å². The number of hydrogen-bond acceptors (Lipinski definition) is 5. The van der Waals surface area contributed by atoms with Gasteiger partial charge in [0, 0.05) is 68.8 Å². The molecular weight excluding hydrogens is 362 g/mol. The summed E-state index contributed by atoms with van der Waals surface area (Å²) in [4.78, 5) is 24.4. The number of amides is 1. The highest BCUT2D eigenvalue weighted by atomic mass is 16.2. The van der Waals surface area contributed by atoms with E-state index < -0.39 is 0 Å². The molecule has 3 heterocycles. The maximum Gasteiger partial charge on any atom is 0.236 e. The molecule has 6 heteroatoms. The standard InChI is InChI=1S/C23H37N5O/c1-18-14-21(15-22(25-18)19-8-9-24-16-19)28-12-10-27(11-13-28)17-23(29)26(2)20-6-4-3-5-7-20/h14-15,19-20,24H,3-13,16-17H2,1-2H3/t19-/m1/s1. The second kappa shape index (κ2) is 9.43. The molecule has 0 unspecified atom stereocenters. The summed E-state index contributed by atoms with van der Waals surface area (Å²) >= 11 is 0. The molecule has 4 rings (SSSR count). The summed E-state index contributed by atoms with van der Waals surface area (Å²) in [6.45, 7) is 8.66. The van der Waals surface area contributed by atoms with Crippen LogP contribution in [0.3, 0.4) is 0 Å². The van der Waals surface area contributed by atoms with Crippen LogP contribution < -0.4 is 10.2 Å². The molecule has 1 aromatic rings. The van der Waals surface area contributed by atoms with Crippen molar-refractivity contribution < 1.29 is 4.79 Å². The number of carbonyl (C=O) groups is 1. The van der Waals surface area contributed by atoms with Gasteiger partial charge in [-0.2, -0.15) is 0 Å². The van der Waals surface area contributed by atoms with E-state index in [0.29, 0.717) is 24.4 Å². The largest absolute Gasteiger partial charge is 0.369 e. The van der Waals surface area contributed by atoms with E-state index in [2.05, 4.69) is 34.2 Å². The fraction of sp³-hybridized carbons (Fsp3) is 0.739. The zero-order valence-corrected chi connectivity index (χ0v) is 18.2. The molecule has 0 radical (unpaired) electrons. The van der Waals surface area contributed by atoms with Crippen molar-refractivity contribution in [1.82, 2.24) is 20.1 Å². The summed E-state index contributed by atoms with van der Waals surface area (Å²) in [6.07, 6.45) is 7.40. The van der Waals surface area contributed by atoms with Crippen LogP contribution in [0.15, 0.2) is 12.1 Å². The van der Waals surface area contributed by atoms with Crippen LogP contribution in [0.1, 0.15) is 55.8 Å². The number of aromatic nitrogens is 1. The van der Waals surface area contributed by atoms with Crippen molar-refractivity contribution in [2.45, 2.75) is 57.4 Å². The minimum absolute atomic E-state index is 0.293. The lowest BCUT2D eigenvalue weighted by molar-refractivity contribution is -0.133. The molecule has 1 aliphatic carbocycles. The van der Waals surface area contributed by atoms with Crippen molar-refractivity contribution in [1.29, 1.82) is 0 Å². The number of nitrogens with one attached hydrogen (secondary N) is 1. The Morgan fingerprint density at radius 3 is 2.59 bits per heavy atom. The van der Waals surface area contributed by atoms with Gasteiger partial charge >= 0.3 is 0 Å². The number of piperazine rings is 1. The second-order valence-electron chi connectivity index (χ2n) is 9.14. The van der Waals surface area contributed by atoms with Crippen LogP contribution in [-0.2, 0) is 4.79 Å². The molecule has 0 bridgehead atoms. The Morgan fingerprint density at radius 2 is 1.90 bits per heavy atom. The Morgan fingerprint density at radius 1 is 1.14 bits per heavy atom. The van der Waals surface area contributed by atoms with E-state index in [0.717, 1.165) is 45.0 Å². The molecule has 0 spiro atoms. The third-order valence-corrected chi connectivity index (χ3v) is 7.05. The maximum atomic E-state index is 12.8. The summed E-state index contributed by atoms with van der Waals surface area (Å²) in [6, 6.07) is 4.96. The van der Waals surface area contributed by atoms with E-state index in [1.54, 1.807) is 0 Å². The predicted octanol–water partition coefficient (Wildman–Crippen LogP) is 2.38. The molecule has 1 atom stereocenters. The van der Waals surface area contributed by atoms with Crippen molar-refractivity contribution >= 4 is 11.6 Å². The minimum Gasteiger partial charge on any atom is -0.369 e. The van der Waals surface area contributed by atoms with Gasteiger partial charge in [0.15, 0.2) is 0 Å². The van der Waals surface area contributed by atoms with Crippen molar-refractivity contribution in [2.24, 2.45) is 0 Å². The molecule has 3 aliphatic rings. The lowest BCUT2D eigenvalue weighted by Crippen LogP contribution is -2.51. The third-order valence-electron chi connectivity index (χ3n) is 7.05. The highest BCUT2D eigenvalue weighted by molar-refractivity contribution is 5.78. The first-order valence-corrected chi connectivity index (χ1v) is 11.5. The van der Waals surface area contributed by atoms with Crippen molar-refractivity contribution in [2.75, 3.05) is 57.8 Å². The SMILES string of the molecule is Cc1cc(N2CCN(CC(=O)N(C)C3CCCCC3)CC2)cc([C@@H]2CCNC2)n1. The maximum absolute atomic E-state index is 12.8. The summed E-state index contributed by atoms with van der Waals surface area (Å²) in [5.41, 5.74) is 3.64. The Bertz CT molecular complexity index is 689. The van der Waals surface area contributed by atoms with Gasteiger partial charge < -0.3 is 15.1 Å². The molecule has 2 aliphatic heterocycles. The third kappa shape index (κ3) is 5.10. The monoisotopic (exact) mass is 399 g/mol. The van der Waals surface area contributed by atoms with Crippen molar-refractivity contribution in [3.63, 3.8) is 0 Å². The predicted molar refractivity (Wildman–Crippen MR) is 117 cm³/mol. The fourth-order valence-corrected chi connectivity index (χ4v) is 5.11. The highest BCUT2D eigenvalue weighted by Crippen LogP contribution is 2.26. The average molecular weight is 400 g/mol. The number of aryl methyl sites for hydroxylation is 1. The van der Waals surface area contributed by atoms with Crippen LogP contribution >= 0.6 is 0 Å².